The average Bonchev–Trinajstić information content (AvgIpc) is 2.64. The highest BCUT2D eigenvalue weighted by Crippen LogP contribution is 2.28. The highest BCUT2D eigenvalue weighted by molar-refractivity contribution is 5.78. The minimum atomic E-state index is -0.617. The van der Waals surface area contributed by atoms with Crippen LogP contribution in [0.5, 0.6) is 0 Å². The molecule has 0 aromatic carbocycles. The molecule has 0 spiro atoms. The van der Waals surface area contributed by atoms with Crippen molar-refractivity contribution in [1.29, 1.82) is 5.26 Å². The summed E-state index contributed by atoms with van der Waals surface area (Å²) in [6.45, 7) is 2.41. The molecule has 1 rings (SSSR count). The topological polar surface area (TPSA) is 62.1 Å². The van der Waals surface area contributed by atoms with Crippen molar-refractivity contribution in [2.24, 2.45) is 0 Å². The van der Waals surface area contributed by atoms with E-state index in [-0.39, 0.29) is 12.5 Å². The third kappa shape index (κ3) is 2.71. The molecule has 0 saturated heterocycles. The Balaban J connectivity index is 2.41. The Morgan fingerprint density at radius 2 is 2.21 bits per heavy atom. The lowest BCUT2D eigenvalue weighted by molar-refractivity contribution is -0.126. The highest BCUT2D eigenvalue weighted by atomic mass is 16.5. The van der Waals surface area contributed by atoms with Crippen molar-refractivity contribution < 1.29 is 9.53 Å². The lowest BCUT2D eigenvalue weighted by Crippen LogP contribution is -2.46. The molecular weight excluding hydrogens is 180 g/mol. The maximum atomic E-state index is 11.3. The van der Waals surface area contributed by atoms with Gasteiger partial charge >= 0.3 is 0 Å². The summed E-state index contributed by atoms with van der Waals surface area (Å²) in [6, 6.07) is 2.20. The first-order valence-electron chi connectivity index (χ1n) is 5.02. The Labute approximate surface area is 84.2 Å². The number of rotatable bonds is 4. The van der Waals surface area contributed by atoms with E-state index in [2.05, 4.69) is 11.4 Å². The number of nitriles is 1. The predicted molar refractivity (Wildman–Crippen MR) is 51.4 cm³/mol. The molecular formula is C10H16N2O2. The van der Waals surface area contributed by atoms with Crippen LogP contribution in [0.1, 0.15) is 32.6 Å². The lowest BCUT2D eigenvalue weighted by Gasteiger charge is -2.21. The Morgan fingerprint density at radius 3 is 2.71 bits per heavy atom. The molecule has 1 amide bonds. The maximum absolute atomic E-state index is 11.3. The lowest BCUT2D eigenvalue weighted by atomic mass is 10.00. The number of nitrogens with zero attached hydrogens (tertiary/aromatic N) is 1. The monoisotopic (exact) mass is 196 g/mol. The normalized spacial score (nSPS) is 18.9. The zero-order chi connectivity index (χ0) is 10.4. The Bertz CT molecular complexity index is 239. The number of carbonyl (C=O) groups excluding carboxylic acids is 1. The van der Waals surface area contributed by atoms with E-state index < -0.39 is 5.54 Å². The zero-order valence-corrected chi connectivity index (χ0v) is 8.51. The maximum Gasteiger partial charge on any atom is 0.247 e. The van der Waals surface area contributed by atoms with Gasteiger partial charge in [-0.15, -0.1) is 0 Å². The molecule has 1 fully saturated rings. The molecule has 0 aliphatic heterocycles. The molecule has 0 atom stereocenters. The molecule has 0 aromatic rings. The van der Waals surface area contributed by atoms with Crippen LogP contribution in [0.2, 0.25) is 0 Å². The molecule has 4 nitrogen and oxygen atoms in total. The Kier molecular flexibility index (Phi) is 3.90. The van der Waals surface area contributed by atoms with Crippen LogP contribution in [0.3, 0.4) is 0 Å². The van der Waals surface area contributed by atoms with E-state index >= 15 is 0 Å². The van der Waals surface area contributed by atoms with Gasteiger partial charge in [-0.05, 0) is 32.6 Å². The van der Waals surface area contributed by atoms with Crippen LogP contribution in [0.4, 0.5) is 0 Å². The van der Waals surface area contributed by atoms with E-state index in [1.54, 1.807) is 0 Å². The number of carbonyl (C=O) groups is 1. The molecule has 4 heteroatoms. The van der Waals surface area contributed by atoms with Crippen LogP contribution in [0.15, 0.2) is 0 Å². The molecule has 1 saturated carbocycles. The van der Waals surface area contributed by atoms with Gasteiger partial charge in [-0.2, -0.15) is 5.26 Å². The second kappa shape index (κ2) is 4.97. The van der Waals surface area contributed by atoms with Crippen molar-refractivity contribution >= 4 is 5.91 Å². The fraction of sp³-hybridized carbons (Fsp3) is 0.800. The fourth-order valence-corrected chi connectivity index (χ4v) is 1.74. The van der Waals surface area contributed by atoms with Gasteiger partial charge in [-0.25, -0.2) is 0 Å². The first-order valence-corrected chi connectivity index (χ1v) is 5.02. The van der Waals surface area contributed by atoms with E-state index in [0.717, 1.165) is 25.7 Å². The summed E-state index contributed by atoms with van der Waals surface area (Å²) < 4.78 is 4.97. The van der Waals surface area contributed by atoms with Gasteiger partial charge in [0.05, 0.1) is 6.07 Å². The van der Waals surface area contributed by atoms with Crippen molar-refractivity contribution in [3.8, 4) is 6.07 Å². The largest absolute Gasteiger partial charge is 0.372 e. The smallest absolute Gasteiger partial charge is 0.247 e. The van der Waals surface area contributed by atoms with Gasteiger partial charge in [-0.3, -0.25) is 4.79 Å². The van der Waals surface area contributed by atoms with Crippen LogP contribution in [-0.4, -0.2) is 24.7 Å². The minimum absolute atomic E-state index is 0.0555. The Morgan fingerprint density at radius 1 is 1.57 bits per heavy atom. The molecule has 1 aliphatic rings. The number of nitrogens with one attached hydrogen (secondary N) is 1. The van der Waals surface area contributed by atoms with Crippen LogP contribution in [0.25, 0.3) is 0 Å². The third-order valence-electron chi connectivity index (χ3n) is 2.49. The third-order valence-corrected chi connectivity index (χ3v) is 2.49. The van der Waals surface area contributed by atoms with Gasteiger partial charge < -0.3 is 10.1 Å². The van der Waals surface area contributed by atoms with Crippen LogP contribution < -0.4 is 5.32 Å². The standard InChI is InChI=1S/C10H16N2O2/c1-2-14-7-9(13)12-10(8-11)5-3-4-6-10/h2-7H2,1H3,(H,12,13). The average molecular weight is 196 g/mol. The van der Waals surface area contributed by atoms with Gasteiger partial charge in [0.2, 0.25) is 5.91 Å². The number of hydrogen-bond donors (Lipinski definition) is 1. The summed E-state index contributed by atoms with van der Waals surface area (Å²) in [7, 11) is 0. The quantitative estimate of drug-likeness (QED) is 0.729. The van der Waals surface area contributed by atoms with Gasteiger partial charge in [0.25, 0.3) is 0 Å². The van der Waals surface area contributed by atoms with Crippen molar-refractivity contribution in [3.05, 3.63) is 0 Å². The molecule has 1 N–H and O–H groups in total. The molecule has 0 heterocycles. The van der Waals surface area contributed by atoms with Crippen molar-refractivity contribution in [2.45, 2.75) is 38.1 Å². The van der Waals surface area contributed by atoms with E-state index in [4.69, 9.17) is 10.00 Å². The predicted octanol–water partition coefficient (Wildman–Crippen LogP) is 0.975. The summed E-state index contributed by atoms with van der Waals surface area (Å²) in [5, 5.41) is 11.7. The molecule has 0 bridgehead atoms. The number of ether oxygens (including phenoxy) is 1. The van der Waals surface area contributed by atoms with Crippen LogP contribution >= 0.6 is 0 Å². The van der Waals surface area contributed by atoms with Gasteiger partial charge in [0.1, 0.15) is 12.1 Å². The van der Waals surface area contributed by atoms with E-state index in [0.29, 0.717) is 6.61 Å². The summed E-state index contributed by atoms with van der Waals surface area (Å²) in [4.78, 5) is 11.3. The SMILES string of the molecule is CCOCC(=O)NC1(C#N)CCCC1. The number of hydrogen-bond acceptors (Lipinski definition) is 3. The molecule has 0 radical (unpaired) electrons. The second-order valence-corrected chi connectivity index (χ2v) is 3.59. The zero-order valence-electron chi connectivity index (χ0n) is 8.51. The van der Waals surface area contributed by atoms with E-state index in [1.807, 2.05) is 6.92 Å². The van der Waals surface area contributed by atoms with Gasteiger partial charge in [0, 0.05) is 6.61 Å². The van der Waals surface area contributed by atoms with Crippen molar-refractivity contribution in [3.63, 3.8) is 0 Å². The van der Waals surface area contributed by atoms with E-state index in [9.17, 15) is 4.79 Å². The van der Waals surface area contributed by atoms with E-state index in [1.165, 1.54) is 0 Å². The van der Waals surface area contributed by atoms with Crippen molar-refractivity contribution in [2.75, 3.05) is 13.2 Å². The molecule has 1 aliphatic carbocycles. The van der Waals surface area contributed by atoms with Gasteiger partial charge in [0.15, 0.2) is 0 Å². The summed E-state index contributed by atoms with van der Waals surface area (Å²) >= 11 is 0. The molecule has 0 aromatic heterocycles. The first-order chi connectivity index (χ1) is 6.72. The summed E-state index contributed by atoms with van der Waals surface area (Å²) in [6.07, 6.45) is 3.56. The highest BCUT2D eigenvalue weighted by Gasteiger charge is 2.35. The number of amides is 1. The fourth-order valence-electron chi connectivity index (χ4n) is 1.74. The second-order valence-electron chi connectivity index (χ2n) is 3.59. The minimum Gasteiger partial charge on any atom is -0.372 e. The summed E-state index contributed by atoms with van der Waals surface area (Å²) in [5.74, 6) is -0.185. The summed E-state index contributed by atoms with van der Waals surface area (Å²) in [5.41, 5.74) is -0.617. The van der Waals surface area contributed by atoms with Crippen molar-refractivity contribution in [1.82, 2.24) is 5.32 Å². The van der Waals surface area contributed by atoms with Crippen LogP contribution in [0, 0.1) is 11.3 Å². The molecule has 78 valence electrons. The van der Waals surface area contributed by atoms with Gasteiger partial charge in [-0.1, -0.05) is 0 Å². The molecule has 0 unspecified atom stereocenters. The first kappa shape index (κ1) is 11.0. The Hall–Kier alpha value is -1.08. The molecule has 14 heavy (non-hydrogen) atoms. The van der Waals surface area contributed by atoms with Crippen LogP contribution in [-0.2, 0) is 9.53 Å².